The predicted molar refractivity (Wildman–Crippen MR) is 189 cm³/mol. The Labute approximate surface area is 284 Å². The molecule has 2 amide bonds. The lowest BCUT2D eigenvalue weighted by atomic mass is 10.0. The molecule has 48 heavy (non-hydrogen) atoms. The van der Waals surface area contributed by atoms with Crippen LogP contribution in [0.25, 0.3) is 0 Å². The number of nitrogens with zero attached hydrogens (tertiary/aromatic N) is 2. The molecule has 0 aliphatic carbocycles. The van der Waals surface area contributed by atoms with E-state index in [2.05, 4.69) is 5.32 Å². The van der Waals surface area contributed by atoms with E-state index in [-0.39, 0.29) is 41.2 Å². The average molecular weight is 672 g/mol. The molecular formula is C38H45N3O6S. The number of nitrogens with one attached hydrogen (secondary N) is 1. The average Bonchev–Trinajstić information content (AvgIpc) is 3.09. The number of ether oxygens (including phenoxy) is 2. The molecule has 0 saturated carbocycles. The molecule has 254 valence electrons. The molecule has 0 aliphatic rings. The van der Waals surface area contributed by atoms with Gasteiger partial charge in [-0.2, -0.15) is 0 Å². The molecule has 0 saturated heterocycles. The maximum absolute atomic E-state index is 14.8. The van der Waals surface area contributed by atoms with Gasteiger partial charge in [-0.25, -0.2) is 8.42 Å². The van der Waals surface area contributed by atoms with Gasteiger partial charge in [-0.3, -0.25) is 13.9 Å². The van der Waals surface area contributed by atoms with E-state index >= 15 is 0 Å². The van der Waals surface area contributed by atoms with Gasteiger partial charge in [0.05, 0.1) is 24.8 Å². The molecule has 4 aromatic rings. The van der Waals surface area contributed by atoms with Gasteiger partial charge >= 0.3 is 0 Å². The second-order valence-electron chi connectivity index (χ2n) is 11.8. The number of methoxy groups -OCH3 is 2. The molecule has 9 nitrogen and oxygen atoms in total. The number of sulfonamides is 1. The molecule has 0 spiro atoms. The summed E-state index contributed by atoms with van der Waals surface area (Å²) in [4.78, 5) is 30.3. The number of hydrogen-bond acceptors (Lipinski definition) is 6. The van der Waals surface area contributed by atoms with E-state index in [9.17, 15) is 18.0 Å². The predicted octanol–water partition coefficient (Wildman–Crippen LogP) is 6.07. The summed E-state index contributed by atoms with van der Waals surface area (Å²) in [5.74, 6) is -0.254. The molecular weight excluding hydrogens is 627 g/mol. The molecule has 0 aromatic heterocycles. The highest BCUT2D eigenvalue weighted by atomic mass is 32.2. The zero-order chi connectivity index (χ0) is 34.8. The second kappa shape index (κ2) is 16.3. The third-order valence-electron chi connectivity index (χ3n) is 8.42. The van der Waals surface area contributed by atoms with Gasteiger partial charge < -0.3 is 19.7 Å². The summed E-state index contributed by atoms with van der Waals surface area (Å²) in [5, 5.41) is 3.06. The number of benzene rings is 4. The smallest absolute Gasteiger partial charge is 0.264 e. The molecule has 0 bridgehead atoms. The van der Waals surface area contributed by atoms with E-state index in [4.69, 9.17) is 9.47 Å². The number of amides is 2. The van der Waals surface area contributed by atoms with Gasteiger partial charge in [-0.05, 0) is 68.1 Å². The number of hydrogen-bond donors (Lipinski definition) is 1. The fourth-order valence-electron chi connectivity index (χ4n) is 5.31. The van der Waals surface area contributed by atoms with Crippen molar-refractivity contribution in [2.24, 2.45) is 0 Å². The van der Waals surface area contributed by atoms with Gasteiger partial charge in [-0.1, -0.05) is 79.2 Å². The second-order valence-corrected chi connectivity index (χ2v) is 13.7. The maximum Gasteiger partial charge on any atom is 0.264 e. The van der Waals surface area contributed by atoms with Gasteiger partial charge in [0.15, 0.2) is 0 Å². The van der Waals surface area contributed by atoms with Crippen molar-refractivity contribution < 1.29 is 27.5 Å². The standard InChI is InChI=1S/C38H45N3O6S/c1-7-29(4)39-38(43)35(23-30-14-9-8-10-15-30)40(25-31-16-12-11-13-28(31)3)37(42)26-41(34-24-32(46-5)19-22-36(34)47-6)48(44,45)33-20-17-27(2)18-21-33/h8-22,24,29,35H,7,23,25-26H2,1-6H3,(H,39,43)/t29-,35-/m0/s1. The Balaban J connectivity index is 1.88. The van der Waals surface area contributed by atoms with Crippen LogP contribution in [0.4, 0.5) is 5.69 Å². The Morgan fingerprint density at radius 2 is 1.52 bits per heavy atom. The van der Waals surface area contributed by atoms with Crippen molar-refractivity contribution >= 4 is 27.5 Å². The number of aryl methyl sites for hydroxylation is 2. The maximum atomic E-state index is 14.8. The summed E-state index contributed by atoms with van der Waals surface area (Å²) in [6, 6.07) is 27.3. The van der Waals surface area contributed by atoms with Crippen LogP contribution in [0.2, 0.25) is 0 Å². The molecule has 0 aliphatic heterocycles. The minimum atomic E-state index is -4.32. The van der Waals surface area contributed by atoms with E-state index < -0.39 is 28.5 Å². The number of anilines is 1. The normalized spacial score (nSPS) is 12.5. The van der Waals surface area contributed by atoms with Crippen LogP contribution in [0.15, 0.2) is 102 Å². The molecule has 4 rings (SSSR count). The lowest BCUT2D eigenvalue weighted by Crippen LogP contribution is -2.54. The third kappa shape index (κ3) is 8.74. The number of carbonyl (C=O) groups excluding carboxylic acids is 2. The van der Waals surface area contributed by atoms with Crippen molar-refractivity contribution in [3.8, 4) is 11.5 Å². The van der Waals surface area contributed by atoms with Crippen molar-refractivity contribution in [1.82, 2.24) is 10.2 Å². The third-order valence-corrected chi connectivity index (χ3v) is 10.2. The Morgan fingerprint density at radius 3 is 2.15 bits per heavy atom. The summed E-state index contributed by atoms with van der Waals surface area (Å²) in [6.45, 7) is 7.18. The molecule has 1 N–H and O–H groups in total. The molecule has 0 unspecified atom stereocenters. The SMILES string of the molecule is CC[C@H](C)NC(=O)[C@H](Cc1ccccc1)N(Cc1ccccc1C)C(=O)CN(c1cc(OC)ccc1OC)S(=O)(=O)c1ccc(C)cc1. The lowest BCUT2D eigenvalue weighted by Gasteiger charge is -2.35. The van der Waals surface area contributed by atoms with Crippen molar-refractivity contribution in [3.05, 3.63) is 119 Å². The monoisotopic (exact) mass is 671 g/mol. The molecule has 0 heterocycles. The van der Waals surface area contributed by atoms with Crippen LogP contribution < -0.4 is 19.1 Å². The minimum absolute atomic E-state index is 0.00609. The topological polar surface area (TPSA) is 105 Å². The number of rotatable bonds is 15. The first kappa shape index (κ1) is 36.0. The summed E-state index contributed by atoms with van der Waals surface area (Å²) < 4.78 is 41.0. The largest absolute Gasteiger partial charge is 0.497 e. The summed E-state index contributed by atoms with van der Waals surface area (Å²) in [7, 11) is -1.41. The molecule has 0 fully saturated rings. The van der Waals surface area contributed by atoms with Crippen LogP contribution in [0.5, 0.6) is 11.5 Å². The van der Waals surface area contributed by atoms with Gasteiger partial charge in [0.1, 0.15) is 24.1 Å². The van der Waals surface area contributed by atoms with Crippen LogP contribution in [0.3, 0.4) is 0 Å². The molecule has 2 atom stereocenters. The van der Waals surface area contributed by atoms with Gasteiger partial charge in [0.25, 0.3) is 10.0 Å². The molecule has 0 radical (unpaired) electrons. The summed E-state index contributed by atoms with van der Waals surface area (Å²) in [6.07, 6.45) is 0.932. The van der Waals surface area contributed by atoms with E-state index in [0.717, 1.165) is 26.6 Å². The Kier molecular flexibility index (Phi) is 12.2. The van der Waals surface area contributed by atoms with E-state index in [0.29, 0.717) is 12.2 Å². The van der Waals surface area contributed by atoms with Gasteiger partial charge in [0.2, 0.25) is 11.8 Å². The van der Waals surface area contributed by atoms with Crippen LogP contribution in [-0.2, 0) is 32.6 Å². The van der Waals surface area contributed by atoms with E-state index in [1.54, 1.807) is 24.3 Å². The fourth-order valence-corrected chi connectivity index (χ4v) is 6.73. The van der Waals surface area contributed by atoms with Crippen LogP contribution >= 0.6 is 0 Å². The molecule has 4 aromatic carbocycles. The Bertz CT molecular complexity index is 1800. The van der Waals surface area contributed by atoms with Crippen LogP contribution in [0, 0.1) is 13.8 Å². The summed E-state index contributed by atoms with van der Waals surface area (Å²) >= 11 is 0. The highest BCUT2D eigenvalue weighted by Crippen LogP contribution is 2.36. The number of carbonyl (C=O) groups is 2. The first-order valence-electron chi connectivity index (χ1n) is 16.0. The highest BCUT2D eigenvalue weighted by molar-refractivity contribution is 7.92. The lowest BCUT2D eigenvalue weighted by molar-refractivity contribution is -0.140. The zero-order valence-corrected chi connectivity index (χ0v) is 29.3. The van der Waals surface area contributed by atoms with E-state index in [1.165, 1.54) is 37.3 Å². The van der Waals surface area contributed by atoms with Crippen molar-refractivity contribution in [3.63, 3.8) is 0 Å². The van der Waals surface area contributed by atoms with E-state index in [1.807, 2.05) is 82.3 Å². The zero-order valence-electron chi connectivity index (χ0n) is 28.5. The highest BCUT2D eigenvalue weighted by Gasteiger charge is 2.36. The fraction of sp³-hybridized carbons (Fsp3) is 0.316. The van der Waals surface area contributed by atoms with Crippen LogP contribution in [0.1, 0.15) is 42.5 Å². The van der Waals surface area contributed by atoms with Crippen molar-refractivity contribution in [1.29, 1.82) is 0 Å². The van der Waals surface area contributed by atoms with Crippen LogP contribution in [-0.4, -0.2) is 58.0 Å². The Morgan fingerprint density at radius 1 is 0.854 bits per heavy atom. The van der Waals surface area contributed by atoms with Crippen molar-refractivity contribution in [2.75, 3.05) is 25.1 Å². The van der Waals surface area contributed by atoms with Gasteiger partial charge in [0, 0.05) is 25.1 Å². The first-order chi connectivity index (χ1) is 23.0. The quantitative estimate of drug-likeness (QED) is 0.165. The minimum Gasteiger partial charge on any atom is -0.497 e. The molecule has 10 heteroatoms. The van der Waals surface area contributed by atoms with Crippen molar-refractivity contribution in [2.45, 2.75) is 64.1 Å². The Hall–Kier alpha value is -4.83. The summed E-state index contributed by atoms with van der Waals surface area (Å²) in [5.41, 5.74) is 3.66. The van der Waals surface area contributed by atoms with Gasteiger partial charge in [-0.15, -0.1) is 0 Å². The first-order valence-corrected chi connectivity index (χ1v) is 17.4.